The van der Waals surface area contributed by atoms with Crippen LogP contribution in [0.3, 0.4) is 0 Å². The van der Waals surface area contributed by atoms with Gasteiger partial charge in [0.1, 0.15) is 0 Å². The van der Waals surface area contributed by atoms with Gasteiger partial charge in [-0.3, -0.25) is 14.7 Å². The van der Waals surface area contributed by atoms with Gasteiger partial charge < -0.3 is 10.1 Å². The number of fused-ring (bicyclic) bond motifs is 1. The summed E-state index contributed by atoms with van der Waals surface area (Å²) in [5, 5.41) is 10.1. The second kappa shape index (κ2) is 6.86. The number of nitrogens with one attached hydrogen (secondary N) is 2. The first-order valence-corrected chi connectivity index (χ1v) is 8.11. The summed E-state index contributed by atoms with van der Waals surface area (Å²) in [6.07, 6.45) is 2.82. The van der Waals surface area contributed by atoms with E-state index in [9.17, 15) is 9.59 Å². The molecule has 0 unspecified atom stereocenters. The lowest BCUT2D eigenvalue weighted by atomic mass is 9.94. The number of aryl methyl sites for hydroxylation is 1. The number of methoxy groups -OCH3 is 1. The predicted molar refractivity (Wildman–Crippen MR) is 88.4 cm³/mol. The number of amides is 1. The summed E-state index contributed by atoms with van der Waals surface area (Å²) in [5.41, 5.74) is 3.32. The first-order valence-electron chi connectivity index (χ1n) is 8.11. The fourth-order valence-corrected chi connectivity index (χ4v) is 3.20. The van der Waals surface area contributed by atoms with Gasteiger partial charge in [0.15, 0.2) is 5.69 Å². The van der Waals surface area contributed by atoms with Crippen LogP contribution in [-0.4, -0.2) is 29.2 Å². The molecule has 6 heteroatoms. The van der Waals surface area contributed by atoms with Crippen molar-refractivity contribution in [2.45, 2.75) is 32.2 Å². The molecule has 1 amide bonds. The van der Waals surface area contributed by atoms with Gasteiger partial charge in [-0.2, -0.15) is 5.10 Å². The number of carbonyl (C=O) groups is 2. The van der Waals surface area contributed by atoms with Crippen LogP contribution < -0.4 is 5.32 Å². The van der Waals surface area contributed by atoms with Gasteiger partial charge in [-0.25, -0.2) is 0 Å². The molecule has 0 bridgehead atoms. The maximum atomic E-state index is 12.7. The summed E-state index contributed by atoms with van der Waals surface area (Å²) in [7, 11) is 1.35. The fraction of sp³-hybridized carbons (Fsp3) is 0.389. The zero-order valence-electron chi connectivity index (χ0n) is 13.8. The zero-order valence-corrected chi connectivity index (χ0v) is 13.8. The van der Waals surface area contributed by atoms with E-state index in [0.717, 1.165) is 36.1 Å². The quantitative estimate of drug-likeness (QED) is 0.825. The lowest BCUT2D eigenvalue weighted by Crippen LogP contribution is -2.36. The van der Waals surface area contributed by atoms with Gasteiger partial charge in [0.2, 0.25) is 0 Å². The summed E-state index contributed by atoms with van der Waals surface area (Å²) in [4.78, 5) is 24.7. The van der Waals surface area contributed by atoms with Gasteiger partial charge in [-0.15, -0.1) is 0 Å². The van der Waals surface area contributed by atoms with E-state index in [4.69, 9.17) is 4.74 Å². The summed E-state index contributed by atoms with van der Waals surface area (Å²) < 4.78 is 4.85. The molecule has 1 aliphatic rings. The predicted octanol–water partition coefficient (Wildman–Crippen LogP) is 2.18. The van der Waals surface area contributed by atoms with Crippen LogP contribution in [0.15, 0.2) is 30.3 Å². The van der Waals surface area contributed by atoms with Crippen LogP contribution in [-0.2, 0) is 22.4 Å². The highest BCUT2D eigenvalue weighted by molar-refractivity contribution is 5.94. The van der Waals surface area contributed by atoms with Gasteiger partial charge in [0, 0.05) is 11.3 Å². The Bertz CT molecular complexity index is 739. The number of aromatic amines is 1. The molecule has 0 fully saturated rings. The number of ether oxygens (including phenoxy) is 1. The van der Waals surface area contributed by atoms with Crippen LogP contribution >= 0.6 is 0 Å². The Labute approximate surface area is 140 Å². The third-order valence-electron chi connectivity index (χ3n) is 4.54. The van der Waals surface area contributed by atoms with E-state index in [1.54, 1.807) is 6.92 Å². The molecule has 126 valence electrons. The second-order valence-corrected chi connectivity index (χ2v) is 6.06. The molecule has 0 saturated heterocycles. The largest absolute Gasteiger partial charge is 0.469 e. The van der Waals surface area contributed by atoms with Crippen LogP contribution in [0.4, 0.5) is 0 Å². The van der Waals surface area contributed by atoms with Gasteiger partial charge in [-0.05, 0) is 31.7 Å². The molecule has 3 rings (SSSR count). The lowest BCUT2D eigenvalue weighted by Gasteiger charge is -2.23. The minimum Gasteiger partial charge on any atom is -0.469 e. The van der Waals surface area contributed by atoms with E-state index in [1.807, 2.05) is 30.3 Å². The number of carbonyl (C=O) groups excluding carboxylic acids is 2. The minimum absolute atomic E-state index is 0.265. The Morgan fingerprint density at radius 3 is 2.71 bits per heavy atom. The maximum absolute atomic E-state index is 12.7. The van der Waals surface area contributed by atoms with Crippen molar-refractivity contribution in [1.82, 2.24) is 15.5 Å². The third kappa shape index (κ3) is 3.04. The summed E-state index contributed by atoms with van der Waals surface area (Å²) in [6.45, 7) is 1.75. The number of esters is 1. The first kappa shape index (κ1) is 16.2. The zero-order chi connectivity index (χ0) is 17.1. The molecule has 24 heavy (non-hydrogen) atoms. The SMILES string of the molecule is COC(=O)[C@H](C)[C@@H](NC(=O)c1n[nH]c2c1CCC2)c1ccccc1. The Balaban J connectivity index is 1.86. The number of nitrogens with zero attached hydrogens (tertiary/aromatic N) is 1. The molecule has 1 aromatic carbocycles. The van der Waals surface area contributed by atoms with E-state index < -0.39 is 12.0 Å². The standard InChI is InChI=1S/C18H21N3O3/c1-11(18(23)24-2)15(12-7-4-3-5-8-12)19-17(22)16-13-9-6-10-14(13)20-21-16/h3-5,7-8,11,15H,6,9-10H2,1-2H3,(H,19,22)(H,20,21)/t11-,15-/m1/s1. The van der Waals surface area contributed by atoms with Crippen LogP contribution in [0.5, 0.6) is 0 Å². The van der Waals surface area contributed by atoms with Crippen LogP contribution in [0, 0.1) is 5.92 Å². The number of H-pyrrole nitrogens is 1. The number of rotatable bonds is 5. The average molecular weight is 327 g/mol. The Kier molecular flexibility index (Phi) is 4.64. The highest BCUT2D eigenvalue weighted by atomic mass is 16.5. The molecule has 2 atom stereocenters. The number of hydrogen-bond acceptors (Lipinski definition) is 4. The summed E-state index contributed by atoms with van der Waals surface area (Å²) in [6, 6.07) is 8.96. The smallest absolute Gasteiger partial charge is 0.310 e. The molecule has 0 saturated carbocycles. The van der Waals surface area contributed by atoms with Gasteiger partial charge in [0.25, 0.3) is 5.91 Å². The Hall–Kier alpha value is -2.63. The fourth-order valence-electron chi connectivity index (χ4n) is 3.20. The lowest BCUT2D eigenvalue weighted by molar-refractivity contribution is -0.145. The van der Waals surface area contributed by atoms with E-state index in [2.05, 4.69) is 15.5 Å². The first-order chi connectivity index (χ1) is 11.6. The highest BCUT2D eigenvalue weighted by Gasteiger charge is 2.30. The van der Waals surface area contributed by atoms with E-state index in [1.165, 1.54) is 7.11 Å². The van der Waals surface area contributed by atoms with Gasteiger partial charge in [-0.1, -0.05) is 30.3 Å². The number of benzene rings is 1. The molecule has 1 aromatic heterocycles. The Morgan fingerprint density at radius 2 is 2.00 bits per heavy atom. The molecule has 0 aliphatic heterocycles. The number of aromatic nitrogens is 2. The van der Waals surface area contributed by atoms with Crippen molar-refractivity contribution in [1.29, 1.82) is 0 Å². The maximum Gasteiger partial charge on any atom is 0.310 e. The summed E-state index contributed by atoms with van der Waals surface area (Å²) in [5.74, 6) is -1.14. The second-order valence-electron chi connectivity index (χ2n) is 6.06. The van der Waals surface area contributed by atoms with Crippen LogP contribution in [0.25, 0.3) is 0 Å². The van der Waals surface area contributed by atoms with Crippen molar-refractivity contribution in [3.8, 4) is 0 Å². The van der Waals surface area contributed by atoms with E-state index in [0.29, 0.717) is 5.69 Å². The molecule has 6 nitrogen and oxygen atoms in total. The molecule has 2 aromatic rings. The van der Waals surface area contributed by atoms with Crippen molar-refractivity contribution in [2.24, 2.45) is 5.92 Å². The Morgan fingerprint density at radius 1 is 1.25 bits per heavy atom. The minimum atomic E-state index is -0.506. The van der Waals surface area contributed by atoms with Crippen molar-refractivity contribution in [3.63, 3.8) is 0 Å². The van der Waals surface area contributed by atoms with E-state index >= 15 is 0 Å². The molecule has 1 aliphatic carbocycles. The molecular formula is C18H21N3O3. The third-order valence-corrected chi connectivity index (χ3v) is 4.54. The van der Waals surface area contributed by atoms with Crippen LogP contribution in [0.1, 0.15) is 46.7 Å². The topological polar surface area (TPSA) is 84.1 Å². The molecule has 0 radical (unpaired) electrons. The van der Waals surface area contributed by atoms with Gasteiger partial charge >= 0.3 is 5.97 Å². The normalized spacial score (nSPS) is 15.4. The van der Waals surface area contributed by atoms with Crippen molar-refractivity contribution < 1.29 is 14.3 Å². The van der Waals surface area contributed by atoms with Gasteiger partial charge in [0.05, 0.1) is 19.1 Å². The highest BCUT2D eigenvalue weighted by Crippen LogP contribution is 2.26. The summed E-state index contributed by atoms with van der Waals surface area (Å²) >= 11 is 0. The molecular weight excluding hydrogens is 306 g/mol. The molecule has 0 spiro atoms. The monoisotopic (exact) mass is 327 g/mol. The average Bonchev–Trinajstić information content (AvgIpc) is 3.22. The van der Waals surface area contributed by atoms with Crippen molar-refractivity contribution in [3.05, 3.63) is 52.8 Å². The molecule has 2 N–H and O–H groups in total. The number of hydrogen-bond donors (Lipinski definition) is 2. The van der Waals surface area contributed by atoms with Crippen LogP contribution in [0.2, 0.25) is 0 Å². The van der Waals surface area contributed by atoms with E-state index in [-0.39, 0.29) is 11.9 Å². The molecule has 1 heterocycles. The van der Waals surface area contributed by atoms with Crippen molar-refractivity contribution in [2.75, 3.05) is 7.11 Å². The van der Waals surface area contributed by atoms with Crippen molar-refractivity contribution >= 4 is 11.9 Å².